The van der Waals surface area contributed by atoms with Crippen LogP contribution in [0.5, 0.6) is 0 Å². The third-order valence-electron chi connectivity index (χ3n) is 3.68. The topological polar surface area (TPSA) is 54.5 Å². The summed E-state index contributed by atoms with van der Waals surface area (Å²) in [6.45, 7) is 3.82. The normalized spacial score (nSPS) is 24.5. The number of benzene rings is 1. The van der Waals surface area contributed by atoms with Gasteiger partial charge in [-0.05, 0) is 38.8 Å². The molecule has 1 aliphatic heterocycles. The minimum absolute atomic E-state index is 0.0451. The van der Waals surface area contributed by atoms with Crippen LogP contribution in [0.1, 0.15) is 31.7 Å². The Balaban J connectivity index is 2.37. The highest BCUT2D eigenvalue weighted by Gasteiger charge is 2.39. The second-order valence-electron chi connectivity index (χ2n) is 5.13. The van der Waals surface area contributed by atoms with Crippen LogP contribution in [0, 0.1) is 6.92 Å². The predicted octanol–water partition coefficient (Wildman–Crippen LogP) is 2.13. The fourth-order valence-electron chi connectivity index (χ4n) is 2.65. The number of sulfonamides is 1. The Bertz CT molecular complexity index is 551. The van der Waals surface area contributed by atoms with E-state index in [1.807, 2.05) is 13.8 Å². The van der Waals surface area contributed by atoms with Gasteiger partial charge in [0.2, 0.25) is 10.0 Å². The maximum absolute atomic E-state index is 12.7. The number of nitrogens with zero attached hydrogens (tertiary/aromatic N) is 1. The first-order valence-corrected chi connectivity index (χ1v) is 7.94. The van der Waals surface area contributed by atoms with E-state index in [0.717, 1.165) is 24.7 Å². The number of aryl methyl sites for hydroxylation is 1. The van der Waals surface area contributed by atoms with E-state index in [-0.39, 0.29) is 18.5 Å². The lowest BCUT2D eigenvalue weighted by Gasteiger charge is -2.26. The minimum atomic E-state index is -3.50. The summed E-state index contributed by atoms with van der Waals surface area (Å²) < 4.78 is 26.8. The smallest absolute Gasteiger partial charge is 0.243 e. The molecular weight excluding hydrogens is 262 g/mol. The molecular formula is C14H19NO3S. The fraction of sp³-hybridized carbons (Fsp3) is 0.500. The zero-order valence-corrected chi connectivity index (χ0v) is 12.1. The molecule has 1 aromatic rings. The van der Waals surface area contributed by atoms with Gasteiger partial charge < -0.3 is 4.79 Å². The number of carbonyl (C=O) groups is 1. The molecule has 0 aromatic heterocycles. The summed E-state index contributed by atoms with van der Waals surface area (Å²) in [6.07, 6.45) is 2.64. The summed E-state index contributed by atoms with van der Waals surface area (Å²) in [5.74, 6) is 0. The third-order valence-corrected chi connectivity index (χ3v) is 5.76. The Kier molecular flexibility index (Phi) is 4.06. The van der Waals surface area contributed by atoms with Crippen LogP contribution in [-0.4, -0.2) is 31.1 Å². The Morgan fingerprint density at radius 2 is 1.89 bits per heavy atom. The monoisotopic (exact) mass is 281 g/mol. The predicted molar refractivity (Wildman–Crippen MR) is 73.4 cm³/mol. The molecule has 2 atom stereocenters. The quantitative estimate of drug-likeness (QED) is 0.794. The van der Waals surface area contributed by atoms with Crippen LogP contribution in [0.15, 0.2) is 29.2 Å². The van der Waals surface area contributed by atoms with E-state index < -0.39 is 10.0 Å². The van der Waals surface area contributed by atoms with Crippen LogP contribution in [-0.2, 0) is 14.8 Å². The van der Waals surface area contributed by atoms with Crippen molar-refractivity contribution in [2.45, 2.75) is 50.1 Å². The Hall–Kier alpha value is -1.20. The average molecular weight is 281 g/mol. The minimum Gasteiger partial charge on any atom is -0.303 e. The molecule has 4 nitrogen and oxygen atoms in total. The van der Waals surface area contributed by atoms with Gasteiger partial charge in [-0.15, -0.1) is 0 Å². The van der Waals surface area contributed by atoms with Crippen molar-refractivity contribution in [3.05, 3.63) is 29.8 Å². The number of rotatable bonds is 4. The van der Waals surface area contributed by atoms with Crippen molar-refractivity contribution in [2.24, 2.45) is 0 Å². The second-order valence-corrected chi connectivity index (χ2v) is 6.97. The van der Waals surface area contributed by atoms with Crippen LogP contribution in [0.25, 0.3) is 0 Å². The lowest BCUT2D eigenvalue weighted by atomic mass is 10.2. The van der Waals surface area contributed by atoms with Gasteiger partial charge in [-0.25, -0.2) is 8.42 Å². The van der Waals surface area contributed by atoms with Gasteiger partial charge in [0.15, 0.2) is 0 Å². The van der Waals surface area contributed by atoms with Gasteiger partial charge in [0, 0.05) is 18.5 Å². The summed E-state index contributed by atoms with van der Waals surface area (Å²) in [4.78, 5) is 11.0. The van der Waals surface area contributed by atoms with Gasteiger partial charge in [0.05, 0.1) is 4.90 Å². The highest BCUT2D eigenvalue weighted by atomic mass is 32.2. The molecule has 0 amide bonds. The van der Waals surface area contributed by atoms with Crippen molar-refractivity contribution in [2.75, 3.05) is 0 Å². The molecule has 1 aromatic carbocycles. The van der Waals surface area contributed by atoms with Crippen LogP contribution < -0.4 is 0 Å². The van der Waals surface area contributed by atoms with E-state index in [0.29, 0.717) is 4.90 Å². The van der Waals surface area contributed by atoms with Crippen molar-refractivity contribution in [3.8, 4) is 0 Å². The van der Waals surface area contributed by atoms with Crippen molar-refractivity contribution in [1.29, 1.82) is 0 Å². The summed E-state index contributed by atoms with van der Waals surface area (Å²) in [7, 11) is -3.50. The van der Waals surface area contributed by atoms with Gasteiger partial charge in [-0.2, -0.15) is 4.31 Å². The zero-order chi connectivity index (χ0) is 14.0. The number of aldehydes is 1. The molecule has 2 rings (SSSR count). The first-order valence-electron chi connectivity index (χ1n) is 6.50. The summed E-state index contributed by atoms with van der Waals surface area (Å²) in [6, 6.07) is 6.61. The average Bonchev–Trinajstić information content (AvgIpc) is 2.72. The zero-order valence-electron chi connectivity index (χ0n) is 11.2. The molecule has 19 heavy (non-hydrogen) atoms. The number of carbonyl (C=O) groups excluding carboxylic acids is 1. The van der Waals surface area contributed by atoms with Gasteiger partial charge in [0.25, 0.3) is 0 Å². The SMILES string of the molecule is Cc1ccc(S(=O)(=O)N2[C@H](CC=O)CC[C@@H]2C)cc1. The molecule has 0 N–H and O–H groups in total. The number of hydrogen-bond acceptors (Lipinski definition) is 3. The van der Waals surface area contributed by atoms with E-state index in [1.165, 1.54) is 4.31 Å². The molecule has 0 aliphatic carbocycles. The van der Waals surface area contributed by atoms with Gasteiger partial charge >= 0.3 is 0 Å². The third kappa shape index (κ3) is 2.72. The lowest BCUT2D eigenvalue weighted by Crippen LogP contribution is -2.40. The standard InChI is InChI=1S/C14H19NO3S/c1-11-3-7-14(8-4-11)19(17,18)15-12(2)5-6-13(15)9-10-16/h3-4,7-8,10,12-13H,5-6,9H2,1-2H3/t12-,13-/m0/s1. The van der Waals surface area contributed by atoms with E-state index in [9.17, 15) is 13.2 Å². The van der Waals surface area contributed by atoms with E-state index in [4.69, 9.17) is 0 Å². The largest absolute Gasteiger partial charge is 0.303 e. The highest BCUT2D eigenvalue weighted by molar-refractivity contribution is 7.89. The van der Waals surface area contributed by atoms with Crippen LogP contribution in [0.3, 0.4) is 0 Å². The van der Waals surface area contributed by atoms with E-state index >= 15 is 0 Å². The number of hydrogen-bond donors (Lipinski definition) is 0. The molecule has 1 heterocycles. The first kappa shape index (κ1) is 14.2. The van der Waals surface area contributed by atoms with Crippen LogP contribution in [0.4, 0.5) is 0 Å². The maximum Gasteiger partial charge on any atom is 0.243 e. The molecule has 5 heteroatoms. The Labute approximate surface area is 114 Å². The molecule has 1 aliphatic rings. The molecule has 0 unspecified atom stereocenters. The molecule has 104 valence electrons. The molecule has 0 bridgehead atoms. The van der Waals surface area contributed by atoms with Crippen molar-refractivity contribution < 1.29 is 13.2 Å². The van der Waals surface area contributed by atoms with E-state index in [2.05, 4.69) is 0 Å². The van der Waals surface area contributed by atoms with Crippen LogP contribution >= 0.6 is 0 Å². The fourth-order valence-corrected chi connectivity index (χ4v) is 4.53. The van der Waals surface area contributed by atoms with Crippen LogP contribution in [0.2, 0.25) is 0 Å². The van der Waals surface area contributed by atoms with Gasteiger partial charge in [-0.3, -0.25) is 0 Å². The van der Waals surface area contributed by atoms with Gasteiger partial charge in [-0.1, -0.05) is 17.7 Å². The second kappa shape index (κ2) is 5.43. The van der Waals surface area contributed by atoms with Crippen molar-refractivity contribution in [1.82, 2.24) is 4.31 Å². The molecule has 1 fully saturated rings. The summed E-state index contributed by atoms with van der Waals surface area (Å²) in [5.41, 5.74) is 1.03. The highest BCUT2D eigenvalue weighted by Crippen LogP contribution is 2.32. The van der Waals surface area contributed by atoms with Crippen molar-refractivity contribution >= 4 is 16.3 Å². The maximum atomic E-state index is 12.7. The summed E-state index contributed by atoms with van der Waals surface area (Å²) in [5, 5.41) is 0. The Morgan fingerprint density at radius 3 is 2.47 bits per heavy atom. The molecule has 0 spiro atoms. The molecule has 1 saturated heterocycles. The summed E-state index contributed by atoms with van der Waals surface area (Å²) >= 11 is 0. The van der Waals surface area contributed by atoms with Gasteiger partial charge in [0.1, 0.15) is 6.29 Å². The first-order chi connectivity index (χ1) is 8.96. The molecule has 0 saturated carbocycles. The Morgan fingerprint density at radius 1 is 1.26 bits per heavy atom. The van der Waals surface area contributed by atoms with Crippen molar-refractivity contribution in [3.63, 3.8) is 0 Å². The van der Waals surface area contributed by atoms with E-state index in [1.54, 1.807) is 24.3 Å². The lowest BCUT2D eigenvalue weighted by molar-refractivity contribution is -0.108. The molecule has 0 radical (unpaired) electrons.